The Morgan fingerprint density at radius 1 is 1.37 bits per heavy atom. The molecule has 3 N–H and O–H groups in total. The van der Waals surface area contributed by atoms with Gasteiger partial charge in [-0.25, -0.2) is 18.4 Å². The summed E-state index contributed by atoms with van der Waals surface area (Å²) in [6.45, 7) is -0.440. The molecular weight excluding hydrogens is 377 g/mol. The van der Waals surface area contributed by atoms with Gasteiger partial charge in [0.15, 0.2) is 5.82 Å². The number of amides is 1. The largest absolute Gasteiger partial charge is 0.506 e. The molecule has 1 aliphatic rings. The highest BCUT2D eigenvalue weighted by Crippen LogP contribution is 2.34. The van der Waals surface area contributed by atoms with Crippen molar-refractivity contribution in [3.63, 3.8) is 0 Å². The lowest BCUT2D eigenvalue weighted by molar-refractivity contribution is -0.117. The lowest BCUT2D eigenvalue weighted by Gasteiger charge is -2.18. The molecule has 1 aromatic carbocycles. The molecule has 0 radical (unpaired) electrons. The van der Waals surface area contributed by atoms with E-state index in [1.807, 2.05) is 31.1 Å². The SMILES string of the molecule is CN(C)c1cccc(NCc2cc(O)c(N3CC(=O)NS3(=O)=O)c(F)c2)n1. The van der Waals surface area contributed by atoms with Crippen LogP contribution < -0.4 is 19.2 Å². The van der Waals surface area contributed by atoms with Gasteiger partial charge in [0.2, 0.25) is 0 Å². The van der Waals surface area contributed by atoms with E-state index < -0.39 is 39.9 Å². The zero-order valence-corrected chi connectivity index (χ0v) is 15.4. The molecule has 2 aromatic rings. The first-order chi connectivity index (χ1) is 12.7. The summed E-state index contributed by atoms with van der Waals surface area (Å²) in [4.78, 5) is 17.5. The molecule has 2 heterocycles. The number of carbonyl (C=O) groups is 1. The molecule has 0 spiro atoms. The summed E-state index contributed by atoms with van der Waals surface area (Å²) in [7, 11) is -0.509. The number of benzene rings is 1. The van der Waals surface area contributed by atoms with Gasteiger partial charge in [-0.2, -0.15) is 8.42 Å². The first-order valence-corrected chi connectivity index (χ1v) is 9.34. The molecule has 0 atom stereocenters. The molecule has 1 fully saturated rings. The molecule has 3 rings (SSSR count). The zero-order valence-electron chi connectivity index (χ0n) is 14.6. The predicted molar refractivity (Wildman–Crippen MR) is 98.4 cm³/mol. The molecule has 144 valence electrons. The van der Waals surface area contributed by atoms with Gasteiger partial charge in [-0.3, -0.25) is 4.79 Å². The summed E-state index contributed by atoms with van der Waals surface area (Å²) >= 11 is 0. The maximum atomic E-state index is 14.5. The highest BCUT2D eigenvalue weighted by molar-refractivity contribution is 7.92. The molecule has 0 saturated carbocycles. The smallest absolute Gasteiger partial charge is 0.326 e. The summed E-state index contributed by atoms with van der Waals surface area (Å²) in [5.41, 5.74) is -0.188. The Hall–Kier alpha value is -3.08. The standard InChI is InChI=1S/C16H18FN5O4S/c1-21(2)14-5-3-4-13(19-14)18-8-10-6-11(17)16(12(23)7-10)22-9-15(24)20-27(22,25)26/h3-7,23H,8-9H2,1-2H3,(H,18,19)(H,20,24). The van der Waals surface area contributed by atoms with Crippen LogP contribution in [0.3, 0.4) is 0 Å². The van der Waals surface area contributed by atoms with Crippen molar-refractivity contribution < 1.29 is 22.7 Å². The Balaban J connectivity index is 1.81. The van der Waals surface area contributed by atoms with E-state index in [4.69, 9.17) is 0 Å². The number of pyridine rings is 1. The molecular formula is C16H18FN5O4S. The number of phenolic OH excluding ortho intramolecular Hbond substituents is 1. The maximum Gasteiger partial charge on any atom is 0.326 e. The quantitative estimate of drug-likeness (QED) is 0.685. The average molecular weight is 395 g/mol. The highest BCUT2D eigenvalue weighted by Gasteiger charge is 2.37. The number of aromatic hydroxyl groups is 1. The minimum absolute atomic E-state index is 0.151. The number of rotatable bonds is 5. The lowest BCUT2D eigenvalue weighted by Crippen LogP contribution is -2.30. The number of halogens is 1. The third-order valence-corrected chi connectivity index (χ3v) is 5.22. The number of nitrogens with one attached hydrogen (secondary N) is 2. The number of phenols is 1. The number of nitrogens with zero attached hydrogens (tertiary/aromatic N) is 3. The van der Waals surface area contributed by atoms with E-state index in [-0.39, 0.29) is 6.54 Å². The number of hydrogen-bond donors (Lipinski definition) is 3. The Kier molecular flexibility index (Phi) is 4.79. The minimum Gasteiger partial charge on any atom is -0.506 e. The summed E-state index contributed by atoms with van der Waals surface area (Å²) in [6, 6.07) is 7.71. The topological polar surface area (TPSA) is 115 Å². The fraction of sp³-hybridized carbons (Fsp3) is 0.250. The van der Waals surface area contributed by atoms with Gasteiger partial charge in [0.1, 0.15) is 29.6 Å². The van der Waals surface area contributed by atoms with E-state index in [1.54, 1.807) is 10.8 Å². The Morgan fingerprint density at radius 3 is 2.70 bits per heavy atom. The van der Waals surface area contributed by atoms with Crippen molar-refractivity contribution in [2.45, 2.75) is 6.54 Å². The molecule has 0 bridgehead atoms. The van der Waals surface area contributed by atoms with Crippen LogP contribution >= 0.6 is 0 Å². The van der Waals surface area contributed by atoms with Crippen LogP contribution in [-0.4, -0.2) is 45.1 Å². The molecule has 1 aromatic heterocycles. The molecule has 0 aliphatic carbocycles. The monoisotopic (exact) mass is 395 g/mol. The van der Waals surface area contributed by atoms with Crippen LogP contribution in [0.25, 0.3) is 0 Å². The first kappa shape index (κ1) is 18.7. The number of aromatic nitrogens is 1. The highest BCUT2D eigenvalue weighted by atomic mass is 32.2. The molecule has 9 nitrogen and oxygen atoms in total. The van der Waals surface area contributed by atoms with Crippen LogP contribution in [0.5, 0.6) is 5.75 Å². The van der Waals surface area contributed by atoms with Crippen molar-refractivity contribution in [3.8, 4) is 5.75 Å². The summed E-state index contributed by atoms with van der Waals surface area (Å²) in [5.74, 6) is -1.04. The van der Waals surface area contributed by atoms with Crippen LogP contribution in [0.15, 0.2) is 30.3 Å². The van der Waals surface area contributed by atoms with Gasteiger partial charge in [0.05, 0.1) is 0 Å². The fourth-order valence-corrected chi connectivity index (χ4v) is 3.77. The second-order valence-corrected chi connectivity index (χ2v) is 7.71. The Labute approximate surface area is 155 Å². The second-order valence-electron chi connectivity index (χ2n) is 6.11. The van der Waals surface area contributed by atoms with Crippen molar-refractivity contribution in [2.75, 3.05) is 35.2 Å². The first-order valence-electron chi connectivity index (χ1n) is 7.90. The molecule has 1 saturated heterocycles. The van der Waals surface area contributed by atoms with Crippen molar-refractivity contribution in [2.24, 2.45) is 0 Å². The molecule has 0 unspecified atom stereocenters. The lowest BCUT2D eigenvalue weighted by atomic mass is 10.1. The van der Waals surface area contributed by atoms with Crippen LogP contribution in [0, 0.1) is 5.82 Å². The summed E-state index contributed by atoms with van der Waals surface area (Å²) < 4.78 is 40.4. The Bertz CT molecular complexity index is 973. The van der Waals surface area contributed by atoms with Crippen molar-refractivity contribution in [3.05, 3.63) is 41.7 Å². The molecule has 1 amide bonds. The van der Waals surface area contributed by atoms with Crippen molar-refractivity contribution >= 4 is 33.4 Å². The normalized spacial score (nSPS) is 15.5. The third-order valence-electron chi connectivity index (χ3n) is 3.84. The van der Waals surface area contributed by atoms with Crippen LogP contribution in [0.1, 0.15) is 5.56 Å². The van der Waals surface area contributed by atoms with Crippen molar-refractivity contribution in [1.82, 2.24) is 9.71 Å². The third kappa shape index (κ3) is 3.87. The van der Waals surface area contributed by atoms with Crippen LogP contribution in [0.4, 0.5) is 21.7 Å². The maximum absolute atomic E-state index is 14.5. The van der Waals surface area contributed by atoms with E-state index in [0.29, 0.717) is 15.7 Å². The summed E-state index contributed by atoms with van der Waals surface area (Å²) in [5, 5.41) is 13.1. The van der Waals surface area contributed by atoms with Gasteiger partial charge < -0.3 is 15.3 Å². The van der Waals surface area contributed by atoms with Crippen LogP contribution in [0.2, 0.25) is 0 Å². The second kappa shape index (κ2) is 6.91. The molecule has 27 heavy (non-hydrogen) atoms. The fourth-order valence-electron chi connectivity index (χ4n) is 2.60. The minimum atomic E-state index is -4.21. The number of anilines is 3. The van der Waals surface area contributed by atoms with E-state index in [9.17, 15) is 22.7 Å². The predicted octanol–water partition coefficient (Wildman–Crippen LogP) is 0.785. The van der Waals surface area contributed by atoms with E-state index in [0.717, 1.165) is 11.9 Å². The van der Waals surface area contributed by atoms with Gasteiger partial charge in [0.25, 0.3) is 5.91 Å². The van der Waals surface area contributed by atoms with Crippen LogP contribution in [-0.2, 0) is 21.5 Å². The van der Waals surface area contributed by atoms with Gasteiger partial charge in [0, 0.05) is 20.6 Å². The Morgan fingerprint density at radius 2 is 2.11 bits per heavy atom. The number of carbonyl (C=O) groups excluding carboxylic acids is 1. The van der Waals surface area contributed by atoms with Gasteiger partial charge >= 0.3 is 10.2 Å². The van der Waals surface area contributed by atoms with Crippen molar-refractivity contribution in [1.29, 1.82) is 0 Å². The van der Waals surface area contributed by atoms with Gasteiger partial charge in [-0.05, 0) is 29.8 Å². The van der Waals surface area contributed by atoms with E-state index >= 15 is 0 Å². The van der Waals surface area contributed by atoms with E-state index in [2.05, 4.69) is 10.3 Å². The number of hydrogen-bond acceptors (Lipinski definition) is 7. The van der Waals surface area contributed by atoms with Gasteiger partial charge in [-0.1, -0.05) is 6.07 Å². The van der Waals surface area contributed by atoms with Gasteiger partial charge in [-0.15, -0.1) is 0 Å². The van der Waals surface area contributed by atoms with E-state index in [1.165, 1.54) is 6.07 Å². The molecule has 11 heteroatoms. The summed E-state index contributed by atoms with van der Waals surface area (Å²) in [6.07, 6.45) is 0. The zero-order chi connectivity index (χ0) is 19.8. The average Bonchev–Trinajstić information content (AvgIpc) is 2.85. The molecule has 1 aliphatic heterocycles.